The van der Waals surface area contributed by atoms with Gasteiger partial charge in [0.1, 0.15) is 0 Å². The van der Waals surface area contributed by atoms with Crippen LogP contribution < -0.4 is 0 Å². The molecule has 0 heterocycles. The molecule has 0 saturated carbocycles. The van der Waals surface area contributed by atoms with Gasteiger partial charge in [0.05, 0.1) is 0 Å². The van der Waals surface area contributed by atoms with Crippen LogP contribution in [0.15, 0.2) is 24.3 Å². The Bertz CT molecular complexity index is 318. The van der Waals surface area contributed by atoms with Crippen molar-refractivity contribution >= 4 is 5.97 Å². The van der Waals surface area contributed by atoms with E-state index in [0.717, 1.165) is 25.7 Å². The lowest BCUT2D eigenvalue weighted by molar-refractivity contribution is -0.137. The lowest BCUT2D eigenvalue weighted by atomic mass is 10.0. The Hall–Kier alpha value is -1.31. The summed E-state index contributed by atoms with van der Waals surface area (Å²) >= 11 is 0. The number of aryl methyl sites for hydroxylation is 2. The monoisotopic (exact) mass is 236 g/mol. The number of rotatable bonds is 6. The van der Waals surface area contributed by atoms with E-state index >= 15 is 0 Å². The van der Waals surface area contributed by atoms with Crippen molar-refractivity contribution in [2.75, 3.05) is 0 Å². The van der Waals surface area contributed by atoms with Crippen molar-refractivity contribution < 1.29 is 9.90 Å². The van der Waals surface area contributed by atoms with Crippen LogP contribution in [0.1, 0.15) is 51.2 Å². The molecule has 0 unspecified atom stereocenters. The van der Waals surface area contributed by atoms with Crippen LogP contribution in [0.2, 0.25) is 0 Å². The number of hydrogen-bond acceptors (Lipinski definition) is 1. The molecule has 0 amide bonds. The molecule has 2 heteroatoms. The summed E-state index contributed by atoms with van der Waals surface area (Å²) in [5, 5.41) is 8.53. The number of carboxylic acid groups (broad SMARTS) is 1. The molecule has 1 aromatic rings. The quantitative estimate of drug-likeness (QED) is 0.808. The molecule has 0 atom stereocenters. The summed E-state index contributed by atoms with van der Waals surface area (Å²) in [5.41, 5.74) is 2.60. The lowest BCUT2D eigenvalue weighted by Crippen LogP contribution is -1.96. The van der Waals surface area contributed by atoms with E-state index in [4.69, 9.17) is 5.11 Å². The highest BCUT2D eigenvalue weighted by molar-refractivity contribution is 5.66. The van der Waals surface area contributed by atoms with Crippen molar-refractivity contribution in [2.24, 2.45) is 0 Å². The van der Waals surface area contributed by atoms with Gasteiger partial charge in [-0.2, -0.15) is 0 Å². The largest absolute Gasteiger partial charge is 0.481 e. The molecule has 0 fully saturated rings. The highest BCUT2D eigenvalue weighted by atomic mass is 16.4. The Balaban J connectivity index is 0.00000121. The zero-order valence-electron chi connectivity index (χ0n) is 11.2. The summed E-state index contributed by atoms with van der Waals surface area (Å²) in [6.07, 6.45) is 4.11. The second kappa shape index (κ2) is 9.88. The van der Waals surface area contributed by atoms with E-state index in [1.807, 2.05) is 13.8 Å². The molecule has 0 saturated heterocycles. The van der Waals surface area contributed by atoms with Crippen LogP contribution in [0.25, 0.3) is 0 Å². The molecule has 0 spiro atoms. The van der Waals surface area contributed by atoms with Gasteiger partial charge in [-0.05, 0) is 30.4 Å². The van der Waals surface area contributed by atoms with Gasteiger partial charge >= 0.3 is 5.97 Å². The first kappa shape index (κ1) is 15.7. The summed E-state index contributed by atoms with van der Waals surface area (Å²) in [7, 11) is 0. The standard InChI is InChI=1S/C13H18O2.C2H6/c1-2-5-11-6-3-7-12(10-11)8-4-9-13(14)15;1-2/h3,6-7,10H,2,4-5,8-9H2,1H3,(H,14,15);1-2H3. The predicted molar refractivity (Wildman–Crippen MR) is 72.4 cm³/mol. The van der Waals surface area contributed by atoms with E-state index in [9.17, 15) is 4.79 Å². The molecular formula is C15H24O2. The van der Waals surface area contributed by atoms with E-state index in [0.29, 0.717) is 0 Å². The fraction of sp³-hybridized carbons (Fsp3) is 0.533. The summed E-state index contributed by atoms with van der Waals surface area (Å²) in [5.74, 6) is -0.709. The molecule has 2 nitrogen and oxygen atoms in total. The molecule has 0 aliphatic rings. The van der Waals surface area contributed by atoms with Gasteiger partial charge in [-0.3, -0.25) is 4.79 Å². The molecule has 1 rings (SSSR count). The summed E-state index contributed by atoms with van der Waals surface area (Å²) in [6.45, 7) is 6.16. The van der Waals surface area contributed by atoms with Gasteiger partial charge in [0.25, 0.3) is 0 Å². The molecule has 1 N–H and O–H groups in total. The number of hydrogen-bond donors (Lipinski definition) is 1. The number of benzene rings is 1. The van der Waals surface area contributed by atoms with Crippen molar-refractivity contribution in [2.45, 2.75) is 52.9 Å². The lowest BCUT2D eigenvalue weighted by Gasteiger charge is -2.03. The normalized spacial score (nSPS) is 9.35. The minimum Gasteiger partial charge on any atom is -0.481 e. The summed E-state index contributed by atoms with van der Waals surface area (Å²) in [4.78, 5) is 10.4. The zero-order valence-corrected chi connectivity index (χ0v) is 11.2. The van der Waals surface area contributed by atoms with Crippen LogP contribution in [0.5, 0.6) is 0 Å². The van der Waals surface area contributed by atoms with Gasteiger partial charge in [0.15, 0.2) is 0 Å². The topological polar surface area (TPSA) is 37.3 Å². The van der Waals surface area contributed by atoms with Gasteiger partial charge < -0.3 is 5.11 Å². The fourth-order valence-corrected chi connectivity index (χ4v) is 1.67. The van der Waals surface area contributed by atoms with Crippen LogP contribution in [0.4, 0.5) is 0 Å². The van der Waals surface area contributed by atoms with Crippen LogP contribution in [-0.2, 0) is 17.6 Å². The zero-order chi connectivity index (χ0) is 13.1. The maximum absolute atomic E-state index is 10.4. The molecule has 96 valence electrons. The molecular weight excluding hydrogens is 212 g/mol. The Morgan fingerprint density at radius 2 is 1.76 bits per heavy atom. The first-order valence-electron chi connectivity index (χ1n) is 6.52. The Morgan fingerprint density at radius 1 is 1.18 bits per heavy atom. The molecule has 0 bridgehead atoms. The molecule has 0 aliphatic heterocycles. The highest BCUT2D eigenvalue weighted by Gasteiger charge is 1.99. The van der Waals surface area contributed by atoms with Gasteiger partial charge in [-0.15, -0.1) is 0 Å². The van der Waals surface area contributed by atoms with E-state index in [1.54, 1.807) is 0 Å². The number of aliphatic carboxylic acids is 1. The second-order valence-electron chi connectivity index (χ2n) is 3.82. The fourth-order valence-electron chi connectivity index (χ4n) is 1.67. The minimum absolute atomic E-state index is 0.262. The molecule has 0 aliphatic carbocycles. The highest BCUT2D eigenvalue weighted by Crippen LogP contribution is 2.10. The van der Waals surface area contributed by atoms with Gasteiger partial charge in [0, 0.05) is 6.42 Å². The van der Waals surface area contributed by atoms with E-state index in [2.05, 4.69) is 31.2 Å². The molecule has 0 aromatic heterocycles. The van der Waals surface area contributed by atoms with Crippen LogP contribution in [-0.4, -0.2) is 11.1 Å². The Labute approximate surface area is 105 Å². The van der Waals surface area contributed by atoms with Crippen molar-refractivity contribution in [3.8, 4) is 0 Å². The van der Waals surface area contributed by atoms with Crippen molar-refractivity contribution in [1.82, 2.24) is 0 Å². The van der Waals surface area contributed by atoms with Crippen molar-refractivity contribution in [1.29, 1.82) is 0 Å². The average molecular weight is 236 g/mol. The third kappa shape index (κ3) is 7.56. The van der Waals surface area contributed by atoms with Crippen LogP contribution in [0, 0.1) is 0 Å². The van der Waals surface area contributed by atoms with Crippen LogP contribution >= 0.6 is 0 Å². The summed E-state index contributed by atoms with van der Waals surface area (Å²) < 4.78 is 0. The molecule has 17 heavy (non-hydrogen) atoms. The minimum atomic E-state index is -0.709. The third-order valence-corrected chi connectivity index (χ3v) is 2.39. The second-order valence-corrected chi connectivity index (χ2v) is 3.82. The van der Waals surface area contributed by atoms with Gasteiger partial charge in [-0.1, -0.05) is 51.5 Å². The maximum Gasteiger partial charge on any atom is 0.303 e. The smallest absolute Gasteiger partial charge is 0.303 e. The van der Waals surface area contributed by atoms with Gasteiger partial charge in [0.2, 0.25) is 0 Å². The Kier molecular flexibility index (Phi) is 9.12. The van der Waals surface area contributed by atoms with E-state index in [-0.39, 0.29) is 6.42 Å². The predicted octanol–water partition coefficient (Wildman–Crippen LogP) is 4.07. The average Bonchev–Trinajstić information content (AvgIpc) is 2.32. The Morgan fingerprint density at radius 3 is 2.29 bits per heavy atom. The summed E-state index contributed by atoms with van der Waals surface area (Å²) in [6, 6.07) is 8.44. The van der Waals surface area contributed by atoms with E-state index < -0.39 is 5.97 Å². The first-order valence-corrected chi connectivity index (χ1v) is 6.52. The molecule has 0 radical (unpaired) electrons. The number of carbonyl (C=O) groups is 1. The number of carboxylic acids is 1. The third-order valence-electron chi connectivity index (χ3n) is 2.39. The molecule has 1 aromatic carbocycles. The maximum atomic E-state index is 10.4. The van der Waals surface area contributed by atoms with Crippen LogP contribution in [0.3, 0.4) is 0 Å². The van der Waals surface area contributed by atoms with Gasteiger partial charge in [-0.25, -0.2) is 0 Å². The first-order chi connectivity index (χ1) is 8.22. The SMILES string of the molecule is CC.CCCc1cccc(CCCC(=O)O)c1. The van der Waals surface area contributed by atoms with Crippen molar-refractivity contribution in [3.05, 3.63) is 35.4 Å². The van der Waals surface area contributed by atoms with E-state index in [1.165, 1.54) is 11.1 Å². The van der Waals surface area contributed by atoms with Crippen molar-refractivity contribution in [3.63, 3.8) is 0 Å².